The van der Waals surface area contributed by atoms with E-state index in [4.69, 9.17) is 14.9 Å². The Kier molecular flexibility index (Phi) is 11.3. The number of aliphatic hydroxyl groups excluding tert-OH is 1. The van der Waals surface area contributed by atoms with E-state index < -0.39 is 64.6 Å². The first-order valence-electron chi connectivity index (χ1n) is 21.4. The van der Waals surface area contributed by atoms with Crippen LogP contribution in [0.1, 0.15) is 84.3 Å². The summed E-state index contributed by atoms with van der Waals surface area (Å²) in [4.78, 5) is 57.7. The molecule has 4 aliphatic rings. The molecule has 0 bridgehead atoms. The van der Waals surface area contributed by atoms with Gasteiger partial charge in [-0.3, -0.25) is 19.5 Å². The van der Waals surface area contributed by atoms with Gasteiger partial charge in [0.05, 0.1) is 22.9 Å². The number of carbonyl (C=O) groups is 4. The second-order valence-corrected chi connectivity index (χ2v) is 18.4. The van der Waals surface area contributed by atoms with Gasteiger partial charge < -0.3 is 30.4 Å². The van der Waals surface area contributed by atoms with Gasteiger partial charge in [0.2, 0.25) is 5.91 Å². The highest BCUT2D eigenvalue weighted by molar-refractivity contribution is 6.01. The van der Waals surface area contributed by atoms with E-state index in [0.29, 0.717) is 36.1 Å². The Balaban J connectivity index is 0.857. The normalized spacial score (nSPS) is 30.1. The van der Waals surface area contributed by atoms with Crippen molar-refractivity contribution in [2.75, 3.05) is 26.0 Å². The summed E-state index contributed by atoms with van der Waals surface area (Å²) < 4.78 is 28.6. The van der Waals surface area contributed by atoms with Gasteiger partial charge in [-0.2, -0.15) is 0 Å². The molecule has 8 rings (SSSR count). The average Bonchev–Trinajstić information content (AvgIpc) is 3.46. The van der Waals surface area contributed by atoms with Crippen LogP contribution in [-0.4, -0.2) is 87.5 Å². The van der Waals surface area contributed by atoms with Crippen LogP contribution >= 0.6 is 0 Å². The number of hydrogen-bond donors (Lipinski definition) is 4. The summed E-state index contributed by atoms with van der Waals surface area (Å²) in [6.07, 6.45) is 7.60. The molecule has 4 aliphatic carbocycles. The lowest BCUT2D eigenvalue weighted by Crippen LogP contribution is -2.69. The number of likely N-dealkylation sites (N-methyl/N-ethyl adjacent to an activating group) is 1. The number of benzene rings is 3. The number of esters is 2. The van der Waals surface area contributed by atoms with Crippen LogP contribution in [0.5, 0.6) is 0 Å². The summed E-state index contributed by atoms with van der Waals surface area (Å²) in [5.74, 6) is -3.29. The van der Waals surface area contributed by atoms with E-state index in [1.807, 2.05) is 62.3 Å². The maximum atomic E-state index is 17.6. The Morgan fingerprint density at radius 2 is 1.65 bits per heavy atom. The molecule has 1 amide bonds. The first-order chi connectivity index (χ1) is 29.9. The van der Waals surface area contributed by atoms with E-state index in [0.717, 1.165) is 16.3 Å². The highest BCUT2D eigenvalue weighted by atomic mass is 19.1. The number of aromatic nitrogens is 1. The first kappa shape index (κ1) is 43.7. The van der Waals surface area contributed by atoms with Gasteiger partial charge in [0.25, 0.3) is 0 Å². The Morgan fingerprint density at radius 3 is 2.33 bits per heavy atom. The van der Waals surface area contributed by atoms with E-state index >= 15 is 4.39 Å². The van der Waals surface area contributed by atoms with Crippen LogP contribution in [0, 0.1) is 34.0 Å². The molecular weight excluding hydrogens is 804 g/mol. The predicted octanol–water partition coefficient (Wildman–Crippen LogP) is 7.36. The maximum absolute atomic E-state index is 17.6. The lowest BCUT2D eigenvalue weighted by Gasteiger charge is -2.62. The molecule has 9 atom stereocenters. The van der Waals surface area contributed by atoms with Crippen molar-refractivity contribution >= 4 is 45.8 Å². The molecule has 13 heteroatoms. The number of pyridine rings is 1. The highest BCUT2D eigenvalue weighted by Gasteiger charge is 2.75. The van der Waals surface area contributed by atoms with Gasteiger partial charge in [0.1, 0.15) is 24.9 Å². The number of amides is 1. The Morgan fingerprint density at radius 1 is 0.968 bits per heavy atom. The molecule has 0 aliphatic heterocycles. The average molecular weight is 857 g/mol. The molecule has 12 nitrogen and oxygen atoms in total. The number of fused-ring (bicyclic) bond motifs is 6. The SMILES string of the molecule is C[C@@H]1C[C@H]2[C@@H]3CCC4=CC(=O)C=C[C@]4(C)[C@@]3(F)[C@@H](O)C[C@]2(C)[C@@]1(O)C(=N)COC(=O)c1ccc(C(=O)OCc2ccc(C(C(=O)Nc3ccc4cnccc4c3)N(C)C)cc2)cc1. The fourth-order valence-corrected chi connectivity index (χ4v) is 11.3. The van der Waals surface area contributed by atoms with Crippen LogP contribution in [0.3, 0.4) is 0 Å². The van der Waals surface area contributed by atoms with Gasteiger partial charge in [0.15, 0.2) is 11.5 Å². The minimum atomic E-state index is -2.07. The fraction of sp³-hybridized carbons (Fsp3) is 0.400. The van der Waals surface area contributed by atoms with Crippen LogP contribution in [0.2, 0.25) is 0 Å². The topological polar surface area (TPSA) is 179 Å². The Bertz CT molecular complexity index is 2560. The van der Waals surface area contributed by atoms with Crippen molar-refractivity contribution in [1.82, 2.24) is 9.88 Å². The minimum Gasteiger partial charge on any atom is -0.457 e. The third kappa shape index (κ3) is 7.29. The molecule has 3 fully saturated rings. The largest absolute Gasteiger partial charge is 0.457 e. The van der Waals surface area contributed by atoms with Crippen molar-refractivity contribution in [2.45, 2.75) is 76.5 Å². The molecule has 3 saturated carbocycles. The second-order valence-electron chi connectivity index (χ2n) is 18.4. The molecule has 63 heavy (non-hydrogen) atoms. The van der Waals surface area contributed by atoms with Crippen molar-refractivity contribution in [3.63, 3.8) is 0 Å². The number of ether oxygens (including phenoxy) is 2. The predicted molar refractivity (Wildman–Crippen MR) is 235 cm³/mol. The number of carbonyl (C=O) groups excluding carboxylic acids is 4. The molecule has 4 N–H and O–H groups in total. The second kappa shape index (κ2) is 16.3. The van der Waals surface area contributed by atoms with Crippen LogP contribution in [-0.2, 0) is 25.7 Å². The van der Waals surface area contributed by atoms with E-state index in [1.54, 1.807) is 44.4 Å². The molecule has 1 aromatic heterocycles. The summed E-state index contributed by atoms with van der Waals surface area (Å²) in [7, 11) is 3.64. The fourth-order valence-electron chi connectivity index (χ4n) is 11.3. The number of halogens is 1. The molecule has 0 radical (unpaired) electrons. The molecule has 3 aromatic carbocycles. The molecule has 0 saturated heterocycles. The molecule has 0 spiro atoms. The van der Waals surface area contributed by atoms with E-state index in [1.165, 1.54) is 36.4 Å². The summed E-state index contributed by atoms with van der Waals surface area (Å²) in [5.41, 5.74) is -3.23. The highest BCUT2D eigenvalue weighted by Crippen LogP contribution is 2.70. The van der Waals surface area contributed by atoms with Crippen molar-refractivity contribution in [3.8, 4) is 0 Å². The molecule has 1 unspecified atom stereocenters. The number of anilines is 1. The van der Waals surface area contributed by atoms with Crippen molar-refractivity contribution in [3.05, 3.63) is 131 Å². The lowest BCUT2D eigenvalue weighted by atomic mass is 9.44. The van der Waals surface area contributed by atoms with Crippen molar-refractivity contribution in [2.24, 2.45) is 28.6 Å². The van der Waals surface area contributed by atoms with Crippen LogP contribution < -0.4 is 5.32 Å². The molecular formula is C50H53FN4O8. The third-order valence-corrected chi connectivity index (χ3v) is 14.7. The van der Waals surface area contributed by atoms with E-state index in [2.05, 4.69) is 10.3 Å². The van der Waals surface area contributed by atoms with Crippen molar-refractivity contribution < 1.29 is 43.3 Å². The molecule has 1 heterocycles. The standard InChI is InChI=1S/C50H53FN4O8/c1-29-22-40-39-17-15-36-24-38(56)18-20-47(36,2)49(39,51)42(57)25-48(40,3)50(29,61)41(52)28-63-46(60)33-12-10-32(11-13-33)45(59)62-27-30-6-8-31(9-7-30)43(55(4)5)44(58)54-37-16-14-35-26-53-21-19-34(35)23-37/h6-14,16,18-21,23-24,26,29,39-40,42-43,52,57,61H,15,17,22,25,27-28H2,1-5H3,(H,54,58)/t29-,39+,40+,42+,43?,47+,48+,49+,50+/m1/s1. The number of ketones is 1. The summed E-state index contributed by atoms with van der Waals surface area (Å²) >= 11 is 0. The van der Waals surface area contributed by atoms with E-state index in [9.17, 15) is 29.4 Å². The molecule has 4 aromatic rings. The van der Waals surface area contributed by atoms with E-state index in [-0.39, 0.29) is 47.5 Å². The maximum Gasteiger partial charge on any atom is 0.338 e. The van der Waals surface area contributed by atoms with Gasteiger partial charge in [-0.1, -0.05) is 55.8 Å². The number of nitrogens with zero attached hydrogens (tertiary/aromatic N) is 2. The van der Waals surface area contributed by atoms with Crippen LogP contribution in [0.15, 0.2) is 109 Å². The number of allylic oxidation sites excluding steroid dienone is 4. The zero-order valence-electron chi connectivity index (χ0n) is 36.1. The number of hydrogen-bond acceptors (Lipinski definition) is 11. The lowest BCUT2D eigenvalue weighted by molar-refractivity contribution is -0.209. The summed E-state index contributed by atoms with van der Waals surface area (Å²) in [6, 6.07) is 19.9. The van der Waals surface area contributed by atoms with Crippen molar-refractivity contribution in [1.29, 1.82) is 5.41 Å². The van der Waals surface area contributed by atoms with Gasteiger partial charge in [0, 0.05) is 40.2 Å². The number of nitrogens with one attached hydrogen (secondary N) is 2. The minimum absolute atomic E-state index is 0.0313. The number of rotatable bonds is 11. The van der Waals surface area contributed by atoms with Crippen LogP contribution in [0.25, 0.3) is 10.8 Å². The van der Waals surface area contributed by atoms with Gasteiger partial charge in [-0.05, 0) is 130 Å². The third-order valence-electron chi connectivity index (χ3n) is 14.7. The summed E-state index contributed by atoms with van der Waals surface area (Å²) in [6.45, 7) is 4.79. The first-order valence-corrected chi connectivity index (χ1v) is 21.4. The van der Waals surface area contributed by atoms with Gasteiger partial charge in [-0.25, -0.2) is 14.0 Å². The van der Waals surface area contributed by atoms with Gasteiger partial charge in [-0.15, -0.1) is 0 Å². The number of alkyl halides is 1. The smallest absolute Gasteiger partial charge is 0.338 e. The van der Waals surface area contributed by atoms with Crippen LogP contribution in [0.4, 0.5) is 10.1 Å². The van der Waals surface area contributed by atoms with Gasteiger partial charge >= 0.3 is 11.9 Å². The molecule has 328 valence electrons. The zero-order valence-corrected chi connectivity index (χ0v) is 36.1. The number of aliphatic hydroxyl groups is 2. The zero-order chi connectivity index (χ0) is 45.1. The Labute approximate surface area is 365 Å². The monoisotopic (exact) mass is 856 g/mol. The quantitative estimate of drug-likeness (QED) is 0.0880. The summed E-state index contributed by atoms with van der Waals surface area (Å²) in [5, 5.41) is 38.0. The Hall–Kier alpha value is -5.89.